The predicted molar refractivity (Wildman–Crippen MR) is 100 cm³/mol. The Hall–Kier alpha value is -2.53. The third-order valence-corrected chi connectivity index (χ3v) is 4.27. The lowest BCUT2D eigenvalue weighted by atomic mass is 9.93. The Labute approximate surface area is 157 Å². The first-order valence-electron chi connectivity index (χ1n) is 8.33. The Morgan fingerprint density at radius 3 is 2.62 bits per heavy atom. The summed E-state index contributed by atoms with van der Waals surface area (Å²) in [6.07, 6.45) is -0.411. The summed E-state index contributed by atoms with van der Waals surface area (Å²) in [7, 11) is 0. The van der Waals surface area contributed by atoms with Crippen LogP contribution in [0.15, 0.2) is 42.5 Å². The number of hydrogen-bond acceptors (Lipinski definition) is 4. The van der Waals surface area contributed by atoms with E-state index in [1.54, 1.807) is 49.4 Å². The number of nitrogens with one attached hydrogen (secondary N) is 1. The van der Waals surface area contributed by atoms with Gasteiger partial charge in [0.2, 0.25) is 0 Å². The molecule has 2 aromatic rings. The summed E-state index contributed by atoms with van der Waals surface area (Å²) in [4.78, 5) is 24.7. The number of carbonyl (C=O) groups excluding carboxylic acids is 2. The molecule has 0 aromatic heterocycles. The van der Waals surface area contributed by atoms with Gasteiger partial charge in [0.25, 0.3) is 5.91 Å². The lowest BCUT2D eigenvalue weighted by Crippen LogP contribution is -2.36. The van der Waals surface area contributed by atoms with Crippen molar-refractivity contribution in [1.82, 2.24) is 0 Å². The minimum atomic E-state index is -0.710. The van der Waals surface area contributed by atoms with Crippen LogP contribution in [0.4, 0.5) is 5.69 Å². The Morgan fingerprint density at radius 1 is 1.23 bits per heavy atom. The number of ether oxygens (including phenoxy) is 2. The number of amides is 1. The van der Waals surface area contributed by atoms with Crippen LogP contribution in [-0.2, 0) is 4.79 Å². The first-order chi connectivity index (χ1) is 12.2. The smallest absolute Gasteiger partial charge is 0.265 e. The zero-order valence-corrected chi connectivity index (χ0v) is 15.6. The van der Waals surface area contributed by atoms with Gasteiger partial charge < -0.3 is 14.8 Å². The zero-order valence-electron chi connectivity index (χ0n) is 14.8. The Balaban J connectivity index is 1.69. The van der Waals surface area contributed by atoms with Crippen LogP contribution in [0, 0.1) is 0 Å². The van der Waals surface area contributed by atoms with E-state index in [1.807, 2.05) is 13.8 Å². The molecule has 1 N–H and O–H groups in total. The monoisotopic (exact) mass is 373 g/mol. The van der Waals surface area contributed by atoms with Crippen molar-refractivity contribution >= 4 is 29.0 Å². The van der Waals surface area contributed by atoms with Crippen LogP contribution >= 0.6 is 11.6 Å². The van der Waals surface area contributed by atoms with Gasteiger partial charge in [-0.1, -0.05) is 11.6 Å². The molecule has 0 spiro atoms. The maximum Gasteiger partial charge on any atom is 0.265 e. The van der Waals surface area contributed by atoms with Crippen LogP contribution in [0.2, 0.25) is 5.02 Å². The highest BCUT2D eigenvalue weighted by atomic mass is 35.5. The summed E-state index contributed by atoms with van der Waals surface area (Å²) in [5.74, 6) is 0.769. The molecule has 1 unspecified atom stereocenters. The zero-order chi connectivity index (χ0) is 18.9. The molecular formula is C20H20ClNO4. The Morgan fingerprint density at radius 2 is 1.92 bits per heavy atom. The van der Waals surface area contributed by atoms with Crippen LogP contribution in [0.1, 0.15) is 37.6 Å². The summed E-state index contributed by atoms with van der Waals surface area (Å²) < 4.78 is 11.4. The van der Waals surface area contributed by atoms with E-state index in [0.29, 0.717) is 34.2 Å². The van der Waals surface area contributed by atoms with Crippen LogP contribution < -0.4 is 14.8 Å². The van der Waals surface area contributed by atoms with Gasteiger partial charge in [-0.2, -0.15) is 0 Å². The number of benzene rings is 2. The number of rotatable bonds is 4. The van der Waals surface area contributed by atoms with Gasteiger partial charge in [-0.25, -0.2) is 0 Å². The number of carbonyl (C=O) groups is 2. The molecule has 0 radical (unpaired) electrons. The molecule has 0 saturated heterocycles. The average Bonchev–Trinajstić information content (AvgIpc) is 2.56. The summed E-state index contributed by atoms with van der Waals surface area (Å²) in [6.45, 7) is 5.40. The van der Waals surface area contributed by atoms with Crippen LogP contribution in [-0.4, -0.2) is 23.4 Å². The highest BCUT2D eigenvalue weighted by Gasteiger charge is 2.32. The molecule has 3 rings (SSSR count). The van der Waals surface area contributed by atoms with Gasteiger partial charge in [0.1, 0.15) is 17.1 Å². The lowest BCUT2D eigenvalue weighted by molar-refractivity contribution is -0.122. The molecule has 136 valence electrons. The molecule has 0 fully saturated rings. The van der Waals surface area contributed by atoms with Gasteiger partial charge in [-0.15, -0.1) is 0 Å². The van der Waals surface area contributed by atoms with E-state index in [1.165, 1.54) is 0 Å². The third-order valence-electron chi connectivity index (χ3n) is 4.02. The molecule has 0 saturated carbocycles. The average molecular weight is 374 g/mol. The molecular weight excluding hydrogens is 354 g/mol. The van der Waals surface area contributed by atoms with E-state index in [0.717, 1.165) is 0 Å². The van der Waals surface area contributed by atoms with Crippen molar-refractivity contribution in [2.75, 3.05) is 5.32 Å². The lowest BCUT2D eigenvalue weighted by Gasteiger charge is -2.31. The maximum absolute atomic E-state index is 12.4. The van der Waals surface area contributed by atoms with E-state index in [2.05, 4.69) is 5.32 Å². The van der Waals surface area contributed by atoms with Gasteiger partial charge >= 0.3 is 0 Å². The minimum Gasteiger partial charge on any atom is -0.487 e. The summed E-state index contributed by atoms with van der Waals surface area (Å²) in [6, 6.07) is 11.8. The van der Waals surface area contributed by atoms with E-state index in [-0.39, 0.29) is 11.7 Å². The van der Waals surface area contributed by atoms with E-state index in [4.69, 9.17) is 21.1 Å². The van der Waals surface area contributed by atoms with E-state index in [9.17, 15) is 9.59 Å². The predicted octanol–water partition coefficient (Wildman–Crippen LogP) is 4.49. The van der Waals surface area contributed by atoms with Crippen LogP contribution in [0.25, 0.3) is 0 Å². The molecule has 6 heteroatoms. The number of anilines is 1. The molecule has 5 nitrogen and oxygen atoms in total. The molecule has 1 aliphatic heterocycles. The van der Waals surface area contributed by atoms with Crippen LogP contribution in [0.5, 0.6) is 11.5 Å². The first-order valence-corrected chi connectivity index (χ1v) is 8.71. The highest BCUT2D eigenvalue weighted by Crippen LogP contribution is 2.34. The van der Waals surface area contributed by atoms with Crippen molar-refractivity contribution < 1.29 is 19.1 Å². The molecule has 1 amide bonds. The number of halogens is 1. The normalized spacial score (nSPS) is 16.2. The van der Waals surface area contributed by atoms with Gasteiger partial charge in [-0.05, 0) is 63.2 Å². The second-order valence-corrected chi connectivity index (χ2v) is 7.31. The third kappa shape index (κ3) is 4.17. The molecule has 1 aliphatic rings. The topological polar surface area (TPSA) is 64.6 Å². The van der Waals surface area contributed by atoms with E-state index >= 15 is 0 Å². The number of ketones is 1. The number of Topliss-reactive ketones (excluding diaryl/α,β-unsaturated/α-hetero) is 1. The molecule has 0 aliphatic carbocycles. The minimum absolute atomic E-state index is 0.00203. The largest absolute Gasteiger partial charge is 0.487 e. The standard InChI is InChI=1S/C20H20ClNO4/c1-12(25-15-7-4-13(21)5-8-15)19(24)22-14-6-9-18-16(10-14)17(23)11-20(2,3)26-18/h4-10,12H,11H2,1-3H3,(H,22,24). The highest BCUT2D eigenvalue weighted by molar-refractivity contribution is 6.30. The molecule has 1 atom stereocenters. The maximum atomic E-state index is 12.4. The van der Waals surface area contributed by atoms with Crippen LogP contribution in [0.3, 0.4) is 0 Å². The number of hydrogen-bond donors (Lipinski definition) is 1. The fourth-order valence-electron chi connectivity index (χ4n) is 2.74. The van der Waals surface area contributed by atoms with Crippen molar-refractivity contribution in [3.05, 3.63) is 53.1 Å². The summed E-state index contributed by atoms with van der Waals surface area (Å²) >= 11 is 5.83. The number of fused-ring (bicyclic) bond motifs is 1. The van der Waals surface area contributed by atoms with Crippen molar-refractivity contribution in [3.63, 3.8) is 0 Å². The Kier molecular flexibility index (Phi) is 4.92. The van der Waals surface area contributed by atoms with Gasteiger partial charge in [0, 0.05) is 10.7 Å². The SMILES string of the molecule is CC(Oc1ccc(Cl)cc1)C(=O)Nc1ccc2c(c1)C(=O)CC(C)(C)O2. The molecule has 2 aromatic carbocycles. The van der Waals surface area contributed by atoms with Crippen molar-refractivity contribution in [2.45, 2.75) is 38.9 Å². The van der Waals surface area contributed by atoms with Crippen molar-refractivity contribution in [1.29, 1.82) is 0 Å². The van der Waals surface area contributed by atoms with Gasteiger partial charge in [-0.3, -0.25) is 9.59 Å². The van der Waals surface area contributed by atoms with E-state index < -0.39 is 11.7 Å². The first kappa shape index (κ1) is 18.3. The molecule has 0 bridgehead atoms. The van der Waals surface area contributed by atoms with Gasteiger partial charge in [0.15, 0.2) is 11.9 Å². The molecule has 1 heterocycles. The second kappa shape index (κ2) is 7.00. The van der Waals surface area contributed by atoms with Crippen molar-refractivity contribution in [2.24, 2.45) is 0 Å². The second-order valence-electron chi connectivity index (χ2n) is 6.88. The Bertz CT molecular complexity index is 845. The fraction of sp³-hybridized carbons (Fsp3) is 0.300. The molecule has 26 heavy (non-hydrogen) atoms. The summed E-state index contributed by atoms with van der Waals surface area (Å²) in [5, 5.41) is 3.36. The summed E-state index contributed by atoms with van der Waals surface area (Å²) in [5.41, 5.74) is 0.487. The fourth-order valence-corrected chi connectivity index (χ4v) is 2.87. The van der Waals surface area contributed by atoms with Crippen molar-refractivity contribution in [3.8, 4) is 11.5 Å². The quantitative estimate of drug-likeness (QED) is 0.857. The van der Waals surface area contributed by atoms with Gasteiger partial charge in [0.05, 0.1) is 12.0 Å².